The Balaban J connectivity index is 3.31. The predicted octanol–water partition coefficient (Wildman–Crippen LogP) is 1.00. The SMILES string of the molecule is COc1ccc(C)c(C(N)CO)c1OC. The van der Waals surface area contributed by atoms with E-state index in [0.29, 0.717) is 11.5 Å². The van der Waals surface area contributed by atoms with E-state index in [1.807, 2.05) is 19.1 Å². The van der Waals surface area contributed by atoms with Crippen molar-refractivity contribution in [3.05, 3.63) is 23.3 Å². The van der Waals surface area contributed by atoms with Crippen LogP contribution < -0.4 is 15.2 Å². The van der Waals surface area contributed by atoms with Crippen molar-refractivity contribution in [3.8, 4) is 11.5 Å². The van der Waals surface area contributed by atoms with Crippen molar-refractivity contribution in [1.29, 1.82) is 0 Å². The number of ether oxygens (including phenoxy) is 2. The van der Waals surface area contributed by atoms with Gasteiger partial charge in [-0.3, -0.25) is 0 Å². The number of hydrogen-bond donors (Lipinski definition) is 2. The molecule has 0 aromatic heterocycles. The third-order valence-corrected chi connectivity index (χ3v) is 2.37. The standard InChI is InChI=1S/C11H17NO3/c1-7-4-5-9(14-2)11(15-3)10(7)8(12)6-13/h4-5,8,13H,6,12H2,1-3H3. The van der Waals surface area contributed by atoms with Crippen molar-refractivity contribution in [3.63, 3.8) is 0 Å². The number of nitrogens with two attached hydrogens (primary N) is 1. The third-order valence-electron chi connectivity index (χ3n) is 2.37. The van der Waals surface area contributed by atoms with Crippen LogP contribution in [0.25, 0.3) is 0 Å². The maximum atomic E-state index is 9.07. The van der Waals surface area contributed by atoms with Crippen molar-refractivity contribution >= 4 is 0 Å². The summed E-state index contributed by atoms with van der Waals surface area (Å²) in [5, 5.41) is 9.07. The number of hydrogen-bond acceptors (Lipinski definition) is 4. The fraction of sp³-hybridized carbons (Fsp3) is 0.455. The van der Waals surface area contributed by atoms with Crippen LogP contribution in [0.1, 0.15) is 17.2 Å². The van der Waals surface area contributed by atoms with Crippen LogP contribution in [0.15, 0.2) is 12.1 Å². The van der Waals surface area contributed by atoms with Crippen molar-refractivity contribution in [2.45, 2.75) is 13.0 Å². The van der Waals surface area contributed by atoms with Gasteiger partial charge in [0.25, 0.3) is 0 Å². The van der Waals surface area contributed by atoms with Crippen LogP contribution in [0, 0.1) is 6.92 Å². The van der Waals surface area contributed by atoms with Gasteiger partial charge in [-0.05, 0) is 18.6 Å². The van der Waals surface area contributed by atoms with E-state index in [4.69, 9.17) is 20.3 Å². The molecule has 0 aliphatic carbocycles. The lowest BCUT2D eigenvalue weighted by molar-refractivity contribution is 0.262. The first kappa shape index (κ1) is 11.8. The molecule has 0 bridgehead atoms. The largest absolute Gasteiger partial charge is 0.493 e. The zero-order valence-electron chi connectivity index (χ0n) is 9.28. The van der Waals surface area contributed by atoms with Gasteiger partial charge in [-0.25, -0.2) is 0 Å². The summed E-state index contributed by atoms with van der Waals surface area (Å²) in [4.78, 5) is 0. The van der Waals surface area contributed by atoms with Crippen LogP contribution in [-0.2, 0) is 0 Å². The average Bonchev–Trinajstić information content (AvgIpc) is 2.27. The van der Waals surface area contributed by atoms with Gasteiger partial charge >= 0.3 is 0 Å². The number of aliphatic hydroxyl groups excluding tert-OH is 1. The molecule has 84 valence electrons. The Hall–Kier alpha value is -1.26. The molecule has 15 heavy (non-hydrogen) atoms. The normalized spacial score (nSPS) is 12.3. The van der Waals surface area contributed by atoms with Crippen LogP contribution >= 0.6 is 0 Å². The first-order valence-corrected chi connectivity index (χ1v) is 4.73. The summed E-state index contributed by atoms with van der Waals surface area (Å²) in [6, 6.07) is 3.27. The Bertz CT molecular complexity index is 339. The van der Waals surface area contributed by atoms with Gasteiger partial charge in [0.1, 0.15) is 0 Å². The summed E-state index contributed by atoms with van der Waals surface area (Å²) in [5.74, 6) is 1.22. The van der Waals surface area contributed by atoms with Crippen molar-refractivity contribution in [2.24, 2.45) is 5.73 Å². The quantitative estimate of drug-likeness (QED) is 0.780. The summed E-state index contributed by atoms with van der Waals surface area (Å²) in [6.07, 6.45) is 0. The smallest absolute Gasteiger partial charge is 0.165 e. The molecular formula is C11H17NO3. The minimum Gasteiger partial charge on any atom is -0.493 e. The molecule has 4 heteroatoms. The molecule has 0 heterocycles. The first-order valence-electron chi connectivity index (χ1n) is 4.73. The highest BCUT2D eigenvalue weighted by atomic mass is 16.5. The maximum Gasteiger partial charge on any atom is 0.165 e. The van der Waals surface area contributed by atoms with E-state index >= 15 is 0 Å². The molecular weight excluding hydrogens is 194 g/mol. The summed E-state index contributed by atoms with van der Waals surface area (Å²) >= 11 is 0. The molecule has 0 saturated carbocycles. The Kier molecular flexibility index (Phi) is 3.94. The van der Waals surface area contributed by atoms with Gasteiger partial charge in [-0.1, -0.05) is 6.07 Å². The molecule has 1 rings (SSSR count). The Labute approximate surface area is 89.6 Å². The Morgan fingerprint density at radius 1 is 1.33 bits per heavy atom. The van der Waals surface area contributed by atoms with Gasteiger partial charge in [0.05, 0.1) is 26.9 Å². The van der Waals surface area contributed by atoms with Crippen LogP contribution in [-0.4, -0.2) is 25.9 Å². The van der Waals surface area contributed by atoms with E-state index in [-0.39, 0.29) is 6.61 Å². The second-order valence-corrected chi connectivity index (χ2v) is 3.32. The van der Waals surface area contributed by atoms with Crippen LogP contribution in [0.3, 0.4) is 0 Å². The predicted molar refractivity (Wildman–Crippen MR) is 58.3 cm³/mol. The van der Waals surface area contributed by atoms with Crippen molar-refractivity contribution in [1.82, 2.24) is 0 Å². The van der Waals surface area contributed by atoms with Gasteiger partial charge in [0.15, 0.2) is 11.5 Å². The number of methoxy groups -OCH3 is 2. The topological polar surface area (TPSA) is 64.7 Å². The molecule has 1 aromatic rings. The average molecular weight is 211 g/mol. The number of rotatable bonds is 4. The molecule has 3 N–H and O–H groups in total. The fourth-order valence-corrected chi connectivity index (χ4v) is 1.60. The molecule has 0 amide bonds. The van der Waals surface area contributed by atoms with E-state index in [0.717, 1.165) is 11.1 Å². The molecule has 0 radical (unpaired) electrons. The minimum atomic E-state index is -0.449. The van der Waals surface area contributed by atoms with E-state index < -0.39 is 6.04 Å². The lowest BCUT2D eigenvalue weighted by Gasteiger charge is -2.18. The molecule has 0 aliphatic rings. The molecule has 0 fully saturated rings. The summed E-state index contributed by atoms with van der Waals surface area (Å²) in [6.45, 7) is 1.80. The van der Waals surface area contributed by atoms with Crippen LogP contribution in [0.5, 0.6) is 11.5 Å². The highest BCUT2D eigenvalue weighted by Crippen LogP contribution is 2.36. The summed E-state index contributed by atoms with van der Waals surface area (Å²) in [7, 11) is 3.13. The van der Waals surface area contributed by atoms with Crippen LogP contribution in [0.2, 0.25) is 0 Å². The second kappa shape index (κ2) is 5.00. The van der Waals surface area contributed by atoms with E-state index in [9.17, 15) is 0 Å². The monoisotopic (exact) mass is 211 g/mol. The van der Waals surface area contributed by atoms with E-state index in [2.05, 4.69) is 0 Å². The van der Waals surface area contributed by atoms with E-state index in [1.54, 1.807) is 14.2 Å². The zero-order valence-corrected chi connectivity index (χ0v) is 9.28. The molecule has 1 aromatic carbocycles. The second-order valence-electron chi connectivity index (χ2n) is 3.32. The van der Waals surface area contributed by atoms with Crippen LogP contribution in [0.4, 0.5) is 0 Å². The van der Waals surface area contributed by atoms with Gasteiger partial charge in [0.2, 0.25) is 0 Å². The summed E-state index contributed by atoms with van der Waals surface area (Å²) < 4.78 is 10.4. The molecule has 0 saturated heterocycles. The van der Waals surface area contributed by atoms with Gasteiger partial charge in [0, 0.05) is 5.56 Å². The highest BCUT2D eigenvalue weighted by molar-refractivity contribution is 5.51. The number of aliphatic hydroxyl groups is 1. The minimum absolute atomic E-state index is 0.121. The molecule has 0 spiro atoms. The summed E-state index contributed by atoms with van der Waals surface area (Å²) in [5.41, 5.74) is 7.58. The van der Waals surface area contributed by atoms with E-state index in [1.165, 1.54) is 0 Å². The molecule has 1 atom stereocenters. The fourth-order valence-electron chi connectivity index (χ4n) is 1.60. The van der Waals surface area contributed by atoms with Gasteiger partial charge < -0.3 is 20.3 Å². The number of aryl methyl sites for hydroxylation is 1. The Morgan fingerprint density at radius 3 is 2.47 bits per heavy atom. The maximum absolute atomic E-state index is 9.07. The highest BCUT2D eigenvalue weighted by Gasteiger charge is 2.17. The molecule has 0 aliphatic heterocycles. The van der Waals surface area contributed by atoms with Crippen molar-refractivity contribution in [2.75, 3.05) is 20.8 Å². The van der Waals surface area contributed by atoms with Gasteiger partial charge in [-0.2, -0.15) is 0 Å². The number of benzene rings is 1. The lowest BCUT2D eigenvalue weighted by atomic mass is 10.0. The van der Waals surface area contributed by atoms with Crippen molar-refractivity contribution < 1.29 is 14.6 Å². The third kappa shape index (κ3) is 2.22. The lowest BCUT2D eigenvalue weighted by Crippen LogP contribution is -2.17. The first-order chi connectivity index (χ1) is 7.15. The molecule has 4 nitrogen and oxygen atoms in total. The van der Waals surface area contributed by atoms with Gasteiger partial charge in [-0.15, -0.1) is 0 Å². The molecule has 1 unspecified atom stereocenters. The Morgan fingerprint density at radius 2 is 2.00 bits per heavy atom. The zero-order chi connectivity index (χ0) is 11.4.